The van der Waals surface area contributed by atoms with Crippen molar-refractivity contribution in [3.8, 4) is 11.4 Å². The normalized spacial score (nSPS) is 9.73. The third kappa shape index (κ3) is 5.44. The van der Waals surface area contributed by atoms with Crippen LogP contribution in [0.3, 0.4) is 0 Å². The van der Waals surface area contributed by atoms with Crippen LogP contribution in [0.15, 0.2) is 62.2 Å². The van der Waals surface area contributed by atoms with Crippen molar-refractivity contribution in [3.63, 3.8) is 0 Å². The molecule has 1 aromatic heterocycles. The Kier molecular flexibility index (Phi) is 9.85. The van der Waals surface area contributed by atoms with Gasteiger partial charge < -0.3 is 0 Å². The Morgan fingerprint density at radius 1 is 1.00 bits per heavy atom. The lowest BCUT2D eigenvalue weighted by molar-refractivity contribution is 0.962. The molecular weight excluding hydrogens is 270 g/mol. The minimum atomic E-state index is 0.666. The van der Waals surface area contributed by atoms with Crippen LogP contribution in [0, 0.1) is 6.92 Å². The number of aryl methyl sites for hydroxylation is 1. The van der Waals surface area contributed by atoms with Crippen LogP contribution in [0.25, 0.3) is 17.0 Å². The average molecular weight is 295 g/mol. The van der Waals surface area contributed by atoms with Crippen molar-refractivity contribution in [2.45, 2.75) is 27.7 Å². The zero-order valence-corrected chi connectivity index (χ0v) is 14.0. The van der Waals surface area contributed by atoms with Crippen molar-refractivity contribution in [2.24, 2.45) is 0 Å². The molecule has 0 aliphatic heterocycles. The average Bonchev–Trinajstić information content (AvgIpc) is 2.60. The summed E-state index contributed by atoms with van der Waals surface area (Å²) in [6, 6.07) is 9.89. The lowest BCUT2D eigenvalue weighted by atomic mass is 10.2. The van der Waals surface area contributed by atoms with Gasteiger partial charge in [-0.1, -0.05) is 62.9 Å². The Labute approximate surface area is 134 Å². The van der Waals surface area contributed by atoms with Gasteiger partial charge in [0.2, 0.25) is 0 Å². The lowest BCUT2D eigenvalue weighted by Gasteiger charge is -2.05. The van der Waals surface area contributed by atoms with Gasteiger partial charge in [-0.2, -0.15) is 0 Å². The SMILES string of the molecule is C=C.C=C/C(=C\C)c1nc(C)nc(-c2ccccc2)n1.CC. The first-order valence-electron chi connectivity index (χ1n) is 7.32. The summed E-state index contributed by atoms with van der Waals surface area (Å²) in [6.07, 6.45) is 3.69. The van der Waals surface area contributed by atoms with Gasteiger partial charge in [0.25, 0.3) is 0 Å². The van der Waals surface area contributed by atoms with Crippen LogP contribution >= 0.6 is 0 Å². The zero-order chi connectivity index (χ0) is 17.0. The fourth-order valence-electron chi connectivity index (χ4n) is 1.67. The molecule has 0 aliphatic rings. The Bertz CT molecular complexity index is 601. The van der Waals surface area contributed by atoms with E-state index in [9.17, 15) is 0 Å². The van der Waals surface area contributed by atoms with Crippen molar-refractivity contribution in [1.82, 2.24) is 15.0 Å². The van der Waals surface area contributed by atoms with Gasteiger partial charge in [0.15, 0.2) is 11.6 Å². The maximum absolute atomic E-state index is 4.48. The van der Waals surface area contributed by atoms with Gasteiger partial charge in [0.05, 0.1) is 0 Å². The van der Waals surface area contributed by atoms with Crippen LogP contribution in [0.2, 0.25) is 0 Å². The van der Waals surface area contributed by atoms with Crippen molar-refractivity contribution in [1.29, 1.82) is 0 Å². The molecule has 0 saturated heterocycles. The molecule has 0 fully saturated rings. The third-order valence-corrected chi connectivity index (χ3v) is 2.57. The van der Waals surface area contributed by atoms with Crippen molar-refractivity contribution >= 4 is 5.57 Å². The van der Waals surface area contributed by atoms with E-state index in [1.54, 1.807) is 6.08 Å². The molecule has 22 heavy (non-hydrogen) atoms. The van der Waals surface area contributed by atoms with Crippen LogP contribution < -0.4 is 0 Å². The van der Waals surface area contributed by atoms with Crippen molar-refractivity contribution < 1.29 is 0 Å². The highest BCUT2D eigenvalue weighted by atomic mass is 15.0. The molecule has 3 nitrogen and oxygen atoms in total. The van der Waals surface area contributed by atoms with E-state index in [2.05, 4.69) is 34.7 Å². The molecule has 0 bridgehead atoms. The number of hydrogen-bond donors (Lipinski definition) is 0. The van der Waals surface area contributed by atoms with Crippen LogP contribution in [-0.2, 0) is 0 Å². The molecule has 3 heteroatoms. The van der Waals surface area contributed by atoms with Gasteiger partial charge >= 0.3 is 0 Å². The maximum Gasteiger partial charge on any atom is 0.163 e. The standard InChI is InChI=1S/C15H15N3.C2H6.C2H4/c1-4-12(5-2)14-16-11(3)17-15(18-14)13-9-7-6-8-10-13;2*1-2/h4-10H,1H2,2-3H3;1-2H3;1-2H2/b12-5+;;. The van der Waals surface area contributed by atoms with E-state index in [1.165, 1.54) is 0 Å². The first-order chi connectivity index (χ1) is 10.7. The molecule has 0 N–H and O–H groups in total. The fourth-order valence-corrected chi connectivity index (χ4v) is 1.67. The van der Waals surface area contributed by atoms with E-state index in [4.69, 9.17) is 0 Å². The Hall–Kier alpha value is -2.55. The summed E-state index contributed by atoms with van der Waals surface area (Å²) in [7, 11) is 0. The second kappa shape index (κ2) is 11.1. The second-order valence-corrected chi connectivity index (χ2v) is 3.84. The first kappa shape index (κ1) is 19.4. The molecule has 0 amide bonds. The van der Waals surface area contributed by atoms with Gasteiger partial charge in [-0.25, -0.2) is 15.0 Å². The minimum Gasteiger partial charge on any atom is -0.213 e. The van der Waals surface area contributed by atoms with Gasteiger partial charge in [-0.3, -0.25) is 0 Å². The van der Waals surface area contributed by atoms with E-state index in [0.717, 1.165) is 11.1 Å². The molecule has 0 spiro atoms. The van der Waals surface area contributed by atoms with Crippen LogP contribution in [0.1, 0.15) is 32.4 Å². The van der Waals surface area contributed by atoms with Crippen molar-refractivity contribution in [3.05, 3.63) is 73.9 Å². The predicted molar refractivity (Wildman–Crippen MR) is 96.5 cm³/mol. The number of allylic oxidation sites excluding steroid dienone is 3. The molecule has 0 aliphatic carbocycles. The van der Waals surface area contributed by atoms with Crippen molar-refractivity contribution in [2.75, 3.05) is 0 Å². The minimum absolute atomic E-state index is 0.666. The smallest absolute Gasteiger partial charge is 0.163 e. The van der Waals surface area contributed by atoms with Crippen LogP contribution in [0.4, 0.5) is 0 Å². The number of hydrogen-bond acceptors (Lipinski definition) is 3. The Morgan fingerprint density at radius 2 is 1.59 bits per heavy atom. The quantitative estimate of drug-likeness (QED) is 0.572. The van der Waals surface area contributed by atoms with Crippen LogP contribution in [-0.4, -0.2) is 15.0 Å². The Morgan fingerprint density at radius 3 is 2.09 bits per heavy atom. The Balaban J connectivity index is 0.00000102. The number of nitrogens with zero attached hydrogens (tertiary/aromatic N) is 3. The van der Waals surface area contributed by atoms with Crippen LogP contribution in [0.5, 0.6) is 0 Å². The van der Waals surface area contributed by atoms with Gasteiger partial charge in [-0.15, -0.1) is 13.2 Å². The fraction of sp³-hybridized carbons (Fsp3) is 0.211. The molecule has 0 saturated carbocycles. The van der Waals surface area contributed by atoms with E-state index < -0.39 is 0 Å². The third-order valence-electron chi connectivity index (χ3n) is 2.57. The zero-order valence-electron chi connectivity index (χ0n) is 14.0. The molecule has 1 heterocycles. The van der Waals surface area contributed by atoms with Gasteiger partial charge in [-0.05, 0) is 13.8 Å². The molecule has 2 rings (SSSR count). The monoisotopic (exact) mass is 295 g/mol. The molecule has 1 aromatic carbocycles. The summed E-state index contributed by atoms with van der Waals surface area (Å²) >= 11 is 0. The number of benzene rings is 1. The summed E-state index contributed by atoms with van der Waals surface area (Å²) in [5.74, 6) is 2.07. The van der Waals surface area contributed by atoms with E-state index in [-0.39, 0.29) is 0 Å². The predicted octanol–water partition coefficient (Wildman–Crippen LogP) is 5.26. The summed E-state index contributed by atoms with van der Waals surface area (Å²) in [6.45, 7) is 17.6. The molecule has 0 unspecified atom stereocenters. The number of rotatable bonds is 3. The molecule has 116 valence electrons. The molecule has 0 radical (unpaired) electrons. The summed E-state index contributed by atoms with van der Waals surface area (Å²) in [5.41, 5.74) is 1.90. The lowest BCUT2D eigenvalue weighted by Crippen LogP contribution is -2.01. The van der Waals surface area contributed by atoms with E-state index in [0.29, 0.717) is 17.5 Å². The maximum atomic E-state index is 4.48. The summed E-state index contributed by atoms with van der Waals surface area (Å²) in [5, 5.41) is 0. The summed E-state index contributed by atoms with van der Waals surface area (Å²) < 4.78 is 0. The molecular formula is C19H25N3. The summed E-state index contributed by atoms with van der Waals surface area (Å²) in [4.78, 5) is 13.2. The highest BCUT2D eigenvalue weighted by Gasteiger charge is 2.07. The molecule has 2 aromatic rings. The van der Waals surface area contributed by atoms with E-state index in [1.807, 2.05) is 64.1 Å². The molecule has 0 atom stereocenters. The highest BCUT2D eigenvalue weighted by molar-refractivity contribution is 5.69. The second-order valence-electron chi connectivity index (χ2n) is 3.84. The van der Waals surface area contributed by atoms with Gasteiger partial charge in [0, 0.05) is 11.1 Å². The van der Waals surface area contributed by atoms with E-state index >= 15 is 0 Å². The number of aromatic nitrogens is 3. The largest absolute Gasteiger partial charge is 0.213 e. The van der Waals surface area contributed by atoms with Gasteiger partial charge in [0.1, 0.15) is 5.82 Å². The topological polar surface area (TPSA) is 38.7 Å². The first-order valence-corrected chi connectivity index (χ1v) is 7.32. The highest BCUT2D eigenvalue weighted by Crippen LogP contribution is 2.17.